The van der Waals surface area contributed by atoms with Gasteiger partial charge in [0.2, 0.25) is 0 Å². The van der Waals surface area contributed by atoms with E-state index in [2.05, 4.69) is 4.98 Å². The van der Waals surface area contributed by atoms with E-state index in [1.54, 1.807) is 18.3 Å². The average Bonchev–Trinajstić information content (AvgIpc) is 2.64. The molecule has 2 heterocycles. The Labute approximate surface area is 165 Å². The molecule has 0 unspecified atom stereocenters. The molecular weight excluding hydrogens is 404 g/mol. The van der Waals surface area contributed by atoms with Crippen molar-refractivity contribution >= 4 is 52.3 Å². The van der Waals surface area contributed by atoms with Crippen LogP contribution in [0.25, 0.3) is 0 Å². The first-order chi connectivity index (χ1) is 12.0. The lowest BCUT2D eigenvalue weighted by Crippen LogP contribution is -2.30. The minimum atomic E-state index is -0.458. The first-order valence-electron chi connectivity index (χ1n) is 7.95. The summed E-state index contributed by atoms with van der Waals surface area (Å²) in [5.41, 5.74) is 0.497. The molecule has 0 aliphatic heterocycles. The standard InChI is InChI=1S/C17H15Cl4N3O/c18-12-13(19)15(23-16(21)14(12)20)17(25)24-9-5-4-8-11(24)22-10-6-2-1-3-7-10/h4-5,8-10H,1-3,6-7H2. The minimum Gasteiger partial charge on any atom is -0.266 e. The molecule has 4 nitrogen and oxygen atoms in total. The Morgan fingerprint density at radius 2 is 1.76 bits per heavy atom. The first kappa shape index (κ1) is 18.7. The zero-order valence-corrected chi connectivity index (χ0v) is 16.2. The van der Waals surface area contributed by atoms with Crippen LogP contribution in [0.3, 0.4) is 0 Å². The van der Waals surface area contributed by atoms with Gasteiger partial charge in [-0.2, -0.15) is 0 Å². The lowest BCUT2D eigenvalue weighted by molar-refractivity contribution is 0.0949. The van der Waals surface area contributed by atoms with Crippen molar-refractivity contribution in [3.05, 3.63) is 55.8 Å². The van der Waals surface area contributed by atoms with E-state index in [9.17, 15) is 4.79 Å². The summed E-state index contributed by atoms with van der Waals surface area (Å²) in [4.78, 5) is 21.7. The lowest BCUT2D eigenvalue weighted by Gasteiger charge is -2.18. The molecule has 132 valence electrons. The SMILES string of the molecule is O=C(c1nc(Cl)c(Cl)c(Cl)c1Cl)n1ccccc1=NC1CCCCC1. The number of nitrogens with zero attached hydrogens (tertiary/aromatic N) is 3. The van der Waals surface area contributed by atoms with Crippen LogP contribution < -0.4 is 5.49 Å². The highest BCUT2D eigenvalue weighted by molar-refractivity contribution is 6.52. The summed E-state index contributed by atoms with van der Waals surface area (Å²) in [5, 5.41) is -0.0631. The van der Waals surface area contributed by atoms with Crippen LogP contribution in [-0.2, 0) is 0 Å². The number of hydrogen-bond donors (Lipinski definition) is 0. The van der Waals surface area contributed by atoms with E-state index < -0.39 is 5.91 Å². The number of pyridine rings is 2. The van der Waals surface area contributed by atoms with E-state index in [4.69, 9.17) is 51.4 Å². The van der Waals surface area contributed by atoms with Gasteiger partial charge in [-0.1, -0.05) is 71.7 Å². The molecule has 0 radical (unpaired) electrons. The van der Waals surface area contributed by atoms with Gasteiger partial charge in [0, 0.05) is 6.20 Å². The molecule has 0 atom stereocenters. The van der Waals surface area contributed by atoms with Crippen molar-refractivity contribution in [3.8, 4) is 0 Å². The van der Waals surface area contributed by atoms with Crippen molar-refractivity contribution in [2.75, 3.05) is 0 Å². The number of carbonyl (C=O) groups is 1. The molecule has 8 heteroatoms. The summed E-state index contributed by atoms with van der Waals surface area (Å²) in [7, 11) is 0. The van der Waals surface area contributed by atoms with E-state index in [0.717, 1.165) is 25.7 Å². The third-order valence-corrected chi connectivity index (χ3v) is 5.81. The third kappa shape index (κ3) is 4.03. The molecule has 0 N–H and O–H groups in total. The van der Waals surface area contributed by atoms with Crippen LogP contribution in [0.15, 0.2) is 29.4 Å². The van der Waals surface area contributed by atoms with E-state index in [1.807, 2.05) is 6.07 Å². The van der Waals surface area contributed by atoms with Gasteiger partial charge < -0.3 is 0 Å². The number of hydrogen-bond acceptors (Lipinski definition) is 3. The van der Waals surface area contributed by atoms with Crippen LogP contribution in [0, 0.1) is 0 Å². The second-order valence-electron chi connectivity index (χ2n) is 5.85. The largest absolute Gasteiger partial charge is 0.283 e. The molecule has 0 saturated heterocycles. The highest BCUT2D eigenvalue weighted by atomic mass is 35.5. The molecule has 0 aromatic carbocycles. The maximum atomic E-state index is 12.9. The highest BCUT2D eigenvalue weighted by Gasteiger charge is 2.22. The highest BCUT2D eigenvalue weighted by Crippen LogP contribution is 2.36. The summed E-state index contributed by atoms with van der Waals surface area (Å²) in [6.45, 7) is 0. The van der Waals surface area contributed by atoms with E-state index in [-0.39, 0.29) is 32.0 Å². The van der Waals surface area contributed by atoms with Crippen LogP contribution in [0.1, 0.15) is 42.6 Å². The Bertz CT molecular complexity index is 873. The van der Waals surface area contributed by atoms with Gasteiger partial charge in [0.15, 0.2) is 5.69 Å². The van der Waals surface area contributed by atoms with Gasteiger partial charge in [-0.25, -0.2) is 4.98 Å². The van der Waals surface area contributed by atoms with Gasteiger partial charge in [0.05, 0.1) is 21.1 Å². The van der Waals surface area contributed by atoms with E-state index in [1.165, 1.54) is 11.0 Å². The predicted octanol–water partition coefficient (Wildman–Crippen LogP) is 5.42. The van der Waals surface area contributed by atoms with Crippen LogP contribution >= 0.6 is 46.4 Å². The predicted molar refractivity (Wildman–Crippen MR) is 101 cm³/mol. The maximum Gasteiger partial charge on any atom is 0.283 e. The lowest BCUT2D eigenvalue weighted by atomic mass is 9.96. The quantitative estimate of drug-likeness (QED) is 0.611. The molecule has 0 bridgehead atoms. The van der Waals surface area contributed by atoms with Crippen molar-refractivity contribution < 1.29 is 4.79 Å². The Morgan fingerprint density at radius 3 is 2.48 bits per heavy atom. The Morgan fingerprint density at radius 1 is 1.04 bits per heavy atom. The summed E-state index contributed by atoms with van der Waals surface area (Å²) in [6.07, 6.45) is 7.23. The smallest absolute Gasteiger partial charge is 0.266 e. The molecule has 2 aromatic heterocycles. The number of carbonyl (C=O) groups excluding carboxylic acids is 1. The molecule has 0 spiro atoms. The van der Waals surface area contributed by atoms with E-state index >= 15 is 0 Å². The van der Waals surface area contributed by atoms with Gasteiger partial charge in [-0.15, -0.1) is 0 Å². The van der Waals surface area contributed by atoms with Gasteiger partial charge in [0.25, 0.3) is 5.91 Å². The van der Waals surface area contributed by atoms with Crippen LogP contribution in [0.4, 0.5) is 0 Å². The van der Waals surface area contributed by atoms with Gasteiger partial charge >= 0.3 is 0 Å². The van der Waals surface area contributed by atoms with Gasteiger partial charge in [0.1, 0.15) is 10.6 Å². The van der Waals surface area contributed by atoms with Crippen LogP contribution in [0.5, 0.6) is 0 Å². The van der Waals surface area contributed by atoms with Crippen molar-refractivity contribution in [2.45, 2.75) is 38.1 Å². The molecule has 3 rings (SSSR count). The van der Waals surface area contributed by atoms with Crippen LogP contribution in [-0.4, -0.2) is 21.5 Å². The average molecular weight is 419 g/mol. The fourth-order valence-electron chi connectivity index (χ4n) is 2.85. The summed E-state index contributed by atoms with van der Waals surface area (Å²) < 4.78 is 1.41. The molecule has 1 aliphatic rings. The fourth-order valence-corrected chi connectivity index (χ4v) is 3.66. The second kappa shape index (κ2) is 8.09. The molecule has 2 aromatic rings. The van der Waals surface area contributed by atoms with Crippen molar-refractivity contribution in [3.63, 3.8) is 0 Å². The Kier molecular flexibility index (Phi) is 6.05. The Balaban J connectivity index is 2.06. The fraction of sp³-hybridized carbons (Fsp3) is 0.353. The normalized spacial score (nSPS) is 16.2. The minimum absolute atomic E-state index is 0.00832. The summed E-state index contributed by atoms with van der Waals surface area (Å²) in [5.74, 6) is -0.458. The van der Waals surface area contributed by atoms with Crippen LogP contribution in [0.2, 0.25) is 20.2 Å². The molecule has 1 saturated carbocycles. The maximum absolute atomic E-state index is 12.9. The van der Waals surface area contributed by atoms with E-state index in [0.29, 0.717) is 5.49 Å². The third-order valence-electron chi connectivity index (χ3n) is 4.13. The summed E-state index contributed by atoms with van der Waals surface area (Å²) in [6, 6.07) is 5.59. The zero-order valence-electron chi connectivity index (χ0n) is 13.2. The van der Waals surface area contributed by atoms with Crippen molar-refractivity contribution in [1.82, 2.24) is 9.55 Å². The van der Waals surface area contributed by atoms with Crippen molar-refractivity contribution in [1.29, 1.82) is 0 Å². The molecule has 1 aliphatic carbocycles. The topological polar surface area (TPSA) is 47.2 Å². The van der Waals surface area contributed by atoms with Gasteiger partial charge in [-0.05, 0) is 25.0 Å². The van der Waals surface area contributed by atoms with Crippen molar-refractivity contribution in [2.24, 2.45) is 4.99 Å². The molecule has 1 fully saturated rings. The molecular formula is C17H15Cl4N3O. The molecule has 0 amide bonds. The number of rotatable bonds is 2. The summed E-state index contributed by atoms with van der Waals surface area (Å²) >= 11 is 24.1. The second-order valence-corrected chi connectivity index (χ2v) is 7.34. The van der Waals surface area contributed by atoms with Gasteiger partial charge in [-0.3, -0.25) is 14.4 Å². The first-order valence-corrected chi connectivity index (χ1v) is 9.46. The number of aromatic nitrogens is 2. The Hall–Kier alpha value is -1.07. The molecule has 25 heavy (non-hydrogen) atoms. The number of halogens is 4. The monoisotopic (exact) mass is 417 g/mol. The zero-order chi connectivity index (χ0) is 18.0.